The van der Waals surface area contributed by atoms with Crippen LogP contribution in [-0.4, -0.2) is 24.2 Å². The summed E-state index contributed by atoms with van der Waals surface area (Å²) < 4.78 is 10.5. The van der Waals surface area contributed by atoms with Crippen LogP contribution < -0.4 is 9.47 Å². The van der Waals surface area contributed by atoms with E-state index < -0.39 is 0 Å². The Bertz CT molecular complexity index is 593. The molecule has 2 aromatic rings. The predicted octanol–water partition coefficient (Wildman–Crippen LogP) is 3.77. The molecule has 0 spiro atoms. The standard InChI is InChI=1S/C15H17ClN2O2/c1-9(16)14-8-17-15(18-10(14)2)11-5-12(19-3)7-13(6-11)20-4/h5-9H,1-4H3. The maximum absolute atomic E-state index is 6.08. The van der Waals surface area contributed by atoms with Crippen molar-refractivity contribution in [3.05, 3.63) is 35.7 Å². The average molecular weight is 293 g/mol. The molecule has 0 amide bonds. The fraction of sp³-hybridized carbons (Fsp3) is 0.333. The number of aromatic nitrogens is 2. The number of aryl methyl sites for hydroxylation is 1. The number of hydrogen-bond acceptors (Lipinski definition) is 4. The third kappa shape index (κ3) is 3.02. The SMILES string of the molecule is COc1cc(OC)cc(-c2ncc(C(C)Cl)c(C)n2)c1. The molecule has 5 heteroatoms. The smallest absolute Gasteiger partial charge is 0.159 e. The molecule has 106 valence electrons. The Morgan fingerprint density at radius 2 is 1.70 bits per heavy atom. The normalized spacial score (nSPS) is 12.1. The fourth-order valence-electron chi connectivity index (χ4n) is 1.94. The van der Waals surface area contributed by atoms with E-state index in [4.69, 9.17) is 21.1 Å². The highest BCUT2D eigenvalue weighted by molar-refractivity contribution is 6.20. The lowest BCUT2D eigenvalue weighted by atomic mass is 10.1. The van der Waals surface area contributed by atoms with Crippen LogP contribution in [-0.2, 0) is 0 Å². The number of benzene rings is 1. The summed E-state index contributed by atoms with van der Waals surface area (Å²) in [6.45, 7) is 3.83. The maximum Gasteiger partial charge on any atom is 0.159 e. The number of methoxy groups -OCH3 is 2. The number of hydrogen-bond donors (Lipinski definition) is 0. The highest BCUT2D eigenvalue weighted by atomic mass is 35.5. The van der Waals surface area contributed by atoms with Gasteiger partial charge in [0.1, 0.15) is 11.5 Å². The van der Waals surface area contributed by atoms with E-state index in [9.17, 15) is 0 Å². The summed E-state index contributed by atoms with van der Waals surface area (Å²) in [5, 5.41) is -0.108. The van der Waals surface area contributed by atoms with Crippen molar-refractivity contribution in [2.24, 2.45) is 0 Å². The van der Waals surface area contributed by atoms with E-state index in [1.54, 1.807) is 20.4 Å². The van der Waals surface area contributed by atoms with Crippen molar-refractivity contribution >= 4 is 11.6 Å². The van der Waals surface area contributed by atoms with Gasteiger partial charge in [0.25, 0.3) is 0 Å². The number of nitrogens with zero attached hydrogens (tertiary/aromatic N) is 2. The molecule has 0 N–H and O–H groups in total. The quantitative estimate of drug-likeness (QED) is 0.805. The van der Waals surface area contributed by atoms with Gasteiger partial charge < -0.3 is 9.47 Å². The van der Waals surface area contributed by atoms with Crippen molar-refractivity contribution in [3.63, 3.8) is 0 Å². The monoisotopic (exact) mass is 292 g/mol. The lowest BCUT2D eigenvalue weighted by Gasteiger charge is -2.10. The van der Waals surface area contributed by atoms with Crippen LogP contribution in [0.15, 0.2) is 24.4 Å². The fourth-order valence-corrected chi connectivity index (χ4v) is 2.16. The van der Waals surface area contributed by atoms with Gasteiger partial charge in [0, 0.05) is 29.1 Å². The Morgan fingerprint density at radius 3 is 2.15 bits per heavy atom. The van der Waals surface area contributed by atoms with Gasteiger partial charge in [-0.2, -0.15) is 0 Å². The molecule has 4 nitrogen and oxygen atoms in total. The van der Waals surface area contributed by atoms with Crippen molar-refractivity contribution in [2.75, 3.05) is 14.2 Å². The molecule has 1 heterocycles. The van der Waals surface area contributed by atoms with Gasteiger partial charge in [0.2, 0.25) is 0 Å². The summed E-state index contributed by atoms with van der Waals surface area (Å²) in [4.78, 5) is 8.88. The summed E-state index contributed by atoms with van der Waals surface area (Å²) in [6.07, 6.45) is 1.77. The highest BCUT2D eigenvalue weighted by Crippen LogP contribution is 2.29. The summed E-state index contributed by atoms with van der Waals surface area (Å²) >= 11 is 6.08. The average Bonchev–Trinajstić information content (AvgIpc) is 2.46. The van der Waals surface area contributed by atoms with E-state index >= 15 is 0 Å². The van der Waals surface area contributed by atoms with Gasteiger partial charge in [-0.1, -0.05) is 0 Å². The maximum atomic E-state index is 6.08. The second-order valence-corrected chi connectivity index (χ2v) is 5.11. The summed E-state index contributed by atoms with van der Waals surface area (Å²) in [7, 11) is 3.23. The van der Waals surface area contributed by atoms with E-state index in [0.717, 1.165) is 16.8 Å². The molecule has 1 aromatic carbocycles. The van der Waals surface area contributed by atoms with Crippen LogP contribution in [0.1, 0.15) is 23.6 Å². The molecule has 0 aliphatic carbocycles. The lowest BCUT2D eigenvalue weighted by Crippen LogP contribution is -1.99. The minimum Gasteiger partial charge on any atom is -0.497 e. The van der Waals surface area contributed by atoms with E-state index in [2.05, 4.69) is 9.97 Å². The topological polar surface area (TPSA) is 44.2 Å². The van der Waals surface area contributed by atoms with Crippen LogP contribution in [0.25, 0.3) is 11.4 Å². The molecule has 1 aromatic heterocycles. The van der Waals surface area contributed by atoms with E-state index in [-0.39, 0.29) is 5.38 Å². The minimum absolute atomic E-state index is 0.108. The molecule has 1 atom stereocenters. The molecule has 0 aliphatic rings. The first-order chi connectivity index (χ1) is 9.55. The molecule has 0 fully saturated rings. The Kier molecular flexibility index (Phi) is 4.45. The summed E-state index contributed by atoms with van der Waals surface area (Å²) in [6, 6.07) is 5.56. The molecule has 2 rings (SSSR count). The number of alkyl halides is 1. The van der Waals surface area contributed by atoms with Crippen molar-refractivity contribution in [1.82, 2.24) is 9.97 Å². The molecule has 0 saturated carbocycles. The third-order valence-electron chi connectivity index (χ3n) is 3.06. The highest BCUT2D eigenvalue weighted by Gasteiger charge is 2.11. The van der Waals surface area contributed by atoms with Gasteiger partial charge in [0.05, 0.1) is 19.6 Å². The van der Waals surface area contributed by atoms with E-state index in [1.807, 2.05) is 32.0 Å². The zero-order valence-corrected chi connectivity index (χ0v) is 12.7. The van der Waals surface area contributed by atoms with Crippen LogP contribution in [0.5, 0.6) is 11.5 Å². The van der Waals surface area contributed by atoms with E-state index in [1.165, 1.54) is 0 Å². The lowest BCUT2D eigenvalue weighted by molar-refractivity contribution is 0.394. The van der Waals surface area contributed by atoms with Crippen LogP contribution in [0.2, 0.25) is 0 Å². The van der Waals surface area contributed by atoms with Gasteiger partial charge in [0.15, 0.2) is 5.82 Å². The van der Waals surface area contributed by atoms with Crippen LogP contribution in [0.3, 0.4) is 0 Å². The van der Waals surface area contributed by atoms with Crippen LogP contribution >= 0.6 is 11.6 Å². The first-order valence-corrected chi connectivity index (χ1v) is 6.70. The molecule has 1 unspecified atom stereocenters. The first-order valence-electron chi connectivity index (χ1n) is 6.26. The van der Waals surface area contributed by atoms with Gasteiger partial charge in [-0.05, 0) is 26.0 Å². The molecule has 0 bridgehead atoms. The summed E-state index contributed by atoms with van der Waals surface area (Å²) in [5.74, 6) is 2.03. The minimum atomic E-state index is -0.108. The van der Waals surface area contributed by atoms with Gasteiger partial charge in [-0.25, -0.2) is 9.97 Å². The predicted molar refractivity (Wildman–Crippen MR) is 79.6 cm³/mol. The molecule has 20 heavy (non-hydrogen) atoms. The van der Waals surface area contributed by atoms with Crippen molar-refractivity contribution in [1.29, 1.82) is 0 Å². The second kappa shape index (κ2) is 6.09. The van der Waals surface area contributed by atoms with Gasteiger partial charge in [-0.3, -0.25) is 0 Å². The zero-order valence-electron chi connectivity index (χ0n) is 12.0. The molecule has 0 radical (unpaired) electrons. The number of rotatable bonds is 4. The van der Waals surface area contributed by atoms with Crippen LogP contribution in [0.4, 0.5) is 0 Å². The van der Waals surface area contributed by atoms with Crippen molar-refractivity contribution < 1.29 is 9.47 Å². The second-order valence-electron chi connectivity index (χ2n) is 4.45. The molecular weight excluding hydrogens is 276 g/mol. The summed E-state index contributed by atoms with van der Waals surface area (Å²) in [5.41, 5.74) is 2.66. The third-order valence-corrected chi connectivity index (χ3v) is 3.29. The molecule has 0 aliphatic heterocycles. The molecular formula is C15H17ClN2O2. The zero-order chi connectivity index (χ0) is 14.7. The van der Waals surface area contributed by atoms with Gasteiger partial charge in [-0.15, -0.1) is 11.6 Å². The molecule has 0 saturated heterocycles. The van der Waals surface area contributed by atoms with Crippen molar-refractivity contribution in [3.8, 4) is 22.9 Å². The first kappa shape index (κ1) is 14.6. The van der Waals surface area contributed by atoms with Gasteiger partial charge >= 0.3 is 0 Å². The largest absolute Gasteiger partial charge is 0.497 e. The Labute approximate surface area is 123 Å². The van der Waals surface area contributed by atoms with Crippen LogP contribution in [0, 0.1) is 6.92 Å². The Morgan fingerprint density at radius 1 is 1.10 bits per heavy atom. The Balaban J connectivity index is 2.48. The Hall–Kier alpha value is -1.81. The van der Waals surface area contributed by atoms with Crippen molar-refractivity contribution in [2.45, 2.75) is 19.2 Å². The number of ether oxygens (including phenoxy) is 2. The number of halogens is 1. The van der Waals surface area contributed by atoms with E-state index in [0.29, 0.717) is 17.3 Å².